The second kappa shape index (κ2) is 4.72. The zero-order chi connectivity index (χ0) is 16.1. The molecule has 2 aromatic rings. The number of hydrogen-bond acceptors (Lipinski definition) is 4. The van der Waals surface area contributed by atoms with Crippen LogP contribution in [-0.4, -0.2) is 21.4 Å². The van der Waals surface area contributed by atoms with Crippen LogP contribution in [0, 0.1) is 0 Å². The van der Waals surface area contributed by atoms with Crippen LogP contribution in [0.3, 0.4) is 0 Å². The first kappa shape index (κ1) is 14.4. The Kier molecular flexibility index (Phi) is 3.08. The zero-order valence-corrected chi connectivity index (χ0v) is 11.1. The van der Waals surface area contributed by atoms with Crippen LogP contribution in [-0.2, 0) is 15.8 Å². The molecule has 1 aliphatic heterocycles. The molecule has 2 amide bonds. The van der Waals surface area contributed by atoms with Crippen LogP contribution < -0.4 is 11.1 Å². The Morgan fingerprint density at radius 3 is 2.68 bits per heavy atom. The fourth-order valence-corrected chi connectivity index (χ4v) is 2.61. The maximum absolute atomic E-state index is 13.3. The van der Waals surface area contributed by atoms with E-state index in [0.717, 1.165) is 4.57 Å². The molecule has 0 radical (unpaired) electrons. The van der Waals surface area contributed by atoms with Gasteiger partial charge in [0.05, 0.1) is 16.7 Å². The van der Waals surface area contributed by atoms with Crippen molar-refractivity contribution in [1.29, 1.82) is 0 Å². The van der Waals surface area contributed by atoms with Crippen molar-refractivity contribution < 1.29 is 22.8 Å². The van der Waals surface area contributed by atoms with Crippen molar-refractivity contribution in [3.63, 3.8) is 0 Å². The lowest BCUT2D eigenvalue weighted by Crippen LogP contribution is -2.42. The number of aromatic nitrogens is 2. The lowest BCUT2D eigenvalue weighted by atomic mass is 10.1. The SMILES string of the molecule is Nc1cccc2nc(C(F)(F)F)n(C3CCC(=O)NC3=O)c12. The van der Waals surface area contributed by atoms with E-state index in [1.807, 2.05) is 5.32 Å². The number of amides is 2. The van der Waals surface area contributed by atoms with Crippen LogP contribution >= 0.6 is 0 Å². The summed E-state index contributed by atoms with van der Waals surface area (Å²) in [6, 6.07) is 3.14. The number of nitrogens with two attached hydrogens (primary N) is 1. The van der Waals surface area contributed by atoms with Crippen LogP contribution in [0.25, 0.3) is 11.0 Å². The molecule has 1 unspecified atom stereocenters. The van der Waals surface area contributed by atoms with Crippen molar-refractivity contribution in [2.75, 3.05) is 5.73 Å². The molecule has 0 saturated carbocycles. The minimum Gasteiger partial charge on any atom is -0.397 e. The molecule has 0 spiro atoms. The Morgan fingerprint density at radius 1 is 1.32 bits per heavy atom. The number of alkyl halides is 3. The molecule has 9 heteroatoms. The highest BCUT2D eigenvalue weighted by atomic mass is 19.4. The number of anilines is 1. The fraction of sp³-hybridized carbons (Fsp3) is 0.308. The Bertz CT molecular complexity index is 781. The molecule has 6 nitrogen and oxygen atoms in total. The molecule has 0 bridgehead atoms. The first-order valence-corrected chi connectivity index (χ1v) is 6.46. The van der Waals surface area contributed by atoms with Crippen molar-refractivity contribution in [3.05, 3.63) is 24.0 Å². The lowest BCUT2D eigenvalue weighted by molar-refractivity contribution is -0.149. The van der Waals surface area contributed by atoms with E-state index < -0.39 is 29.9 Å². The standard InChI is InChI=1S/C13H11F3N4O2/c14-13(15,16)12-18-7-3-1-2-6(17)10(7)20(12)8-4-5-9(21)19-11(8)22/h1-3,8H,4-5,17H2,(H,19,21,22). The minimum absolute atomic E-state index is 0.0342. The van der Waals surface area contributed by atoms with Crippen molar-refractivity contribution in [3.8, 4) is 0 Å². The van der Waals surface area contributed by atoms with E-state index in [9.17, 15) is 22.8 Å². The topological polar surface area (TPSA) is 90.0 Å². The van der Waals surface area contributed by atoms with Gasteiger partial charge in [-0.15, -0.1) is 0 Å². The number of carbonyl (C=O) groups is 2. The fourth-order valence-electron chi connectivity index (χ4n) is 2.61. The molecule has 1 fully saturated rings. The summed E-state index contributed by atoms with van der Waals surface area (Å²) < 4.78 is 40.5. The van der Waals surface area contributed by atoms with E-state index in [-0.39, 0.29) is 29.6 Å². The van der Waals surface area contributed by atoms with Gasteiger partial charge in [-0.1, -0.05) is 6.07 Å². The van der Waals surface area contributed by atoms with Crippen molar-refractivity contribution in [1.82, 2.24) is 14.9 Å². The largest absolute Gasteiger partial charge is 0.449 e. The number of benzene rings is 1. The van der Waals surface area contributed by atoms with Crippen molar-refractivity contribution in [2.24, 2.45) is 0 Å². The average molecular weight is 312 g/mol. The number of imide groups is 1. The second-order valence-electron chi connectivity index (χ2n) is 4.99. The van der Waals surface area contributed by atoms with Crippen LogP contribution in [0.2, 0.25) is 0 Å². The summed E-state index contributed by atoms with van der Waals surface area (Å²) in [5, 5.41) is 2.05. The van der Waals surface area contributed by atoms with Gasteiger partial charge in [0.15, 0.2) is 0 Å². The van der Waals surface area contributed by atoms with Gasteiger partial charge in [-0.2, -0.15) is 13.2 Å². The van der Waals surface area contributed by atoms with Crippen LogP contribution in [0.4, 0.5) is 18.9 Å². The first-order chi connectivity index (χ1) is 10.3. The van der Waals surface area contributed by atoms with Gasteiger partial charge in [0, 0.05) is 6.42 Å². The lowest BCUT2D eigenvalue weighted by Gasteiger charge is -2.25. The maximum atomic E-state index is 13.3. The predicted molar refractivity (Wildman–Crippen MR) is 70.6 cm³/mol. The van der Waals surface area contributed by atoms with Crippen LogP contribution in [0.15, 0.2) is 18.2 Å². The highest BCUT2D eigenvalue weighted by Gasteiger charge is 2.42. The van der Waals surface area contributed by atoms with E-state index in [0.29, 0.717) is 0 Å². The van der Waals surface area contributed by atoms with E-state index >= 15 is 0 Å². The molecule has 1 aliphatic rings. The second-order valence-corrected chi connectivity index (χ2v) is 4.99. The van der Waals surface area contributed by atoms with E-state index in [1.165, 1.54) is 18.2 Å². The molecule has 22 heavy (non-hydrogen) atoms. The highest BCUT2D eigenvalue weighted by molar-refractivity contribution is 6.00. The number of nitrogen functional groups attached to an aromatic ring is 1. The monoisotopic (exact) mass is 312 g/mol. The van der Waals surface area contributed by atoms with Gasteiger partial charge in [0.1, 0.15) is 6.04 Å². The molecule has 3 rings (SSSR count). The Balaban J connectivity index is 2.26. The third kappa shape index (κ3) is 2.18. The first-order valence-electron chi connectivity index (χ1n) is 6.46. The summed E-state index contributed by atoms with van der Waals surface area (Å²) in [7, 11) is 0. The number of carbonyl (C=O) groups excluding carboxylic acids is 2. The smallest absolute Gasteiger partial charge is 0.397 e. The maximum Gasteiger partial charge on any atom is 0.449 e. The van der Waals surface area contributed by atoms with Gasteiger partial charge in [0.25, 0.3) is 0 Å². The van der Waals surface area contributed by atoms with E-state index in [1.54, 1.807) is 0 Å². The van der Waals surface area contributed by atoms with Gasteiger partial charge in [0.2, 0.25) is 17.6 Å². The number of fused-ring (bicyclic) bond motifs is 1. The average Bonchev–Trinajstić information content (AvgIpc) is 2.79. The summed E-state index contributed by atoms with van der Waals surface area (Å²) in [5.41, 5.74) is 5.95. The summed E-state index contributed by atoms with van der Waals surface area (Å²) in [5.74, 6) is -2.49. The number of halogens is 3. The van der Waals surface area contributed by atoms with Gasteiger partial charge >= 0.3 is 6.18 Å². The summed E-state index contributed by atoms with van der Waals surface area (Å²) in [6.45, 7) is 0. The van der Waals surface area contributed by atoms with Crippen LogP contribution in [0.5, 0.6) is 0 Å². The van der Waals surface area contributed by atoms with Crippen molar-refractivity contribution in [2.45, 2.75) is 25.1 Å². The number of nitrogens with zero attached hydrogens (tertiary/aromatic N) is 2. The molecule has 116 valence electrons. The Labute approximate surface area is 122 Å². The molecular formula is C13H11F3N4O2. The Morgan fingerprint density at radius 2 is 2.05 bits per heavy atom. The molecular weight excluding hydrogens is 301 g/mol. The molecule has 3 N–H and O–H groups in total. The number of piperidine rings is 1. The highest BCUT2D eigenvalue weighted by Crippen LogP contribution is 2.37. The van der Waals surface area contributed by atoms with E-state index in [4.69, 9.17) is 5.73 Å². The number of rotatable bonds is 1. The van der Waals surface area contributed by atoms with Gasteiger partial charge in [-0.05, 0) is 18.6 Å². The summed E-state index contributed by atoms with van der Waals surface area (Å²) >= 11 is 0. The Hall–Kier alpha value is -2.58. The van der Waals surface area contributed by atoms with E-state index in [2.05, 4.69) is 4.98 Å². The zero-order valence-electron chi connectivity index (χ0n) is 11.1. The summed E-state index contributed by atoms with van der Waals surface area (Å²) in [4.78, 5) is 26.7. The molecule has 1 atom stereocenters. The number of hydrogen-bond donors (Lipinski definition) is 2. The molecule has 1 saturated heterocycles. The van der Waals surface area contributed by atoms with Gasteiger partial charge < -0.3 is 10.3 Å². The van der Waals surface area contributed by atoms with Gasteiger partial charge in [-0.3, -0.25) is 14.9 Å². The molecule has 1 aromatic heterocycles. The summed E-state index contributed by atoms with van der Waals surface area (Å²) in [6.07, 6.45) is -4.82. The quantitative estimate of drug-likeness (QED) is 0.618. The number of para-hydroxylation sites is 1. The third-order valence-corrected chi connectivity index (χ3v) is 3.52. The van der Waals surface area contributed by atoms with Gasteiger partial charge in [-0.25, -0.2) is 4.98 Å². The third-order valence-electron chi connectivity index (χ3n) is 3.52. The van der Waals surface area contributed by atoms with Crippen molar-refractivity contribution >= 4 is 28.5 Å². The minimum atomic E-state index is -4.74. The normalized spacial score (nSPS) is 19.5. The van der Waals surface area contributed by atoms with Crippen LogP contribution in [0.1, 0.15) is 24.7 Å². The number of nitrogens with one attached hydrogen (secondary N) is 1. The number of imidazole rings is 1. The molecule has 1 aromatic carbocycles. The molecule has 0 aliphatic carbocycles. The molecule has 2 heterocycles. The predicted octanol–water partition coefficient (Wildman–Crippen LogP) is 1.61.